The molecule has 0 saturated heterocycles. The minimum atomic E-state index is -1.35. The molecule has 3 amide bonds. The minimum absolute atomic E-state index is 0.190. The van der Waals surface area contributed by atoms with Gasteiger partial charge in [0.05, 0.1) is 37.0 Å². The first kappa shape index (κ1) is 48.7. The summed E-state index contributed by atoms with van der Waals surface area (Å²) in [6.45, 7) is 30.9. The normalized spacial score (nSPS) is 15.4. The molecule has 0 aliphatic heterocycles. The first-order valence-electron chi connectivity index (χ1n) is 18.2. The second-order valence-corrected chi connectivity index (χ2v) is 20.3. The van der Waals surface area contributed by atoms with Gasteiger partial charge in [0.2, 0.25) is 17.7 Å². The van der Waals surface area contributed by atoms with E-state index in [4.69, 9.17) is 0 Å². The smallest absolute Gasteiger partial charge is 0.223 e. The number of hydrogen-bond acceptors (Lipinski definition) is 9. The lowest BCUT2D eigenvalue weighted by atomic mass is 9.80. The molecule has 0 saturated carbocycles. The Labute approximate surface area is 312 Å². The standard InChI is InChI=1S/C40H70N4O8/c1-35(2,3)27(45)19-23(31(49)36(4,5)6)41-28(46)20-24(32(50)37(7,8)9)42-29(47)21-25(33(51)38(10,11)12)43-30(48)22-26(44-40(16,17)18)34(52)39(13,14)15/h23-26,44H,19-22H2,1-18H3,(H,41,46)(H,42,47)(H,43,48). The summed E-state index contributed by atoms with van der Waals surface area (Å²) in [7, 11) is 0. The van der Waals surface area contributed by atoms with Gasteiger partial charge in [0, 0.05) is 45.5 Å². The van der Waals surface area contributed by atoms with Crippen LogP contribution in [0.15, 0.2) is 0 Å². The fourth-order valence-electron chi connectivity index (χ4n) is 5.26. The van der Waals surface area contributed by atoms with Crippen molar-refractivity contribution >= 4 is 46.6 Å². The van der Waals surface area contributed by atoms with Crippen LogP contribution >= 0.6 is 0 Å². The Balaban J connectivity index is 6.40. The Morgan fingerprint density at radius 2 is 0.577 bits per heavy atom. The zero-order valence-corrected chi connectivity index (χ0v) is 35.4. The van der Waals surface area contributed by atoms with Gasteiger partial charge in [0.1, 0.15) is 5.78 Å². The number of carbonyl (C=O) groups is 8. The summed E-state index contributed by atoms with van der Waals surface area (Å²) >= 11 is 0. The van der Waals surface area contributed by atoms with E-state index in [9.17, 15) is 38.4 Å². The number of hydrogen-bond donors (Lipinski definition) is 4. The molecule has 4 N–H and O–H groups in total. The van der Waals surface area contributed by atoms with Gasteiger partial charge in [-0.05, 0) is 20.8 Å². The summed E-state index contributed by atoms with van der Waals surface area (Å²) in [6, 6.07) is -4.66. The van der Waals surface area contributed by atoms with Crippen molar-refractivity contribution in [1.82, 2.24) is 21.3 Å². The lowest BCUT2D eigenvalue weighted by Gasteiger charge is -2.32. The van der Waals surface area contributed by atoms with Crippen molar-refractivity contribution in [2.45, 2.75) is 180 Å². The SMILES string of the molecule is CC(C)(C)NC(CC(=O)NC(CC(=O)NC(CC(=O)NC(CC(=O)C(C)(C)C)C(=O)C(C)(C)C)C(=O)C(C)(C)C)C(=O)C(C)(C)C)C(=O)C(C)(C)C. The molecule has 0 bridgehead atoms. The van der Waals surface area contributed by atoms with E-state index in [0.717, 1.165) is 0 Å². The number of rotatable bonds is 16. The van der Waals surface area contributed by atoms with Crippen molar-refractivity contribution in [3.63, 3.8) is 0 Å². The van der Waals surface area contributed by atoms with Crippen LogP contribution in [-0.2, 0) is 38.4 Å². The lowest BCUT2D eigenvalue weighted by Crippen LogP contribution is -2.55. The summed E-state index contributed by atoms with van der Waals surface area (Å²) in [6.07, 6.45) is -1.58. The monoisotopic (exact) mass is 735 g/mol. The quantitative estimate of drug-likeness (QED) is 0.172. The van der Waals surface area contributed by atoms with Crippen LogP contribution in [0.4, 0.5) is 0 Å². The maximum atomic E-state index is 13.6. The van der Waals surface area contributed by atoms with E-state index >= 15 is 0 Å². The van der Waals surface area contributed by atoms with Gasteiger partial charge < -0.3 is 21.3 Å². The Morgan fingerprint density at radius 3 is 0.808 bits per heavy atom. The van der Waals surface area contributed by atoms with Gasteiger partial charge in [0.15, 0.2) is 23.1 Å². The molecule has 52 heavy (non-hydrogen) atoms. The van der Waals surface area contributed by atoms with Crippen molar-refractivity contribution in [3.05, 3.63) is 0 Å². The Bertz CT molecular complexity index is 1360. The van der Waals surface area contributed by atoms with Gasteiger partial charge in [-0.3, -0.25) is 38.4 Å². The van der Waals surface area contributed by atoms with Crippen LogP contribution < -0.4 is 21.3 Å². The highest BCUT2D eigenvalue weighted by Crippen LogP contribution is 2.25. The van der Waals surface area contributed by atoms with Gasteiger partial charge in [-0.1, -0.05) is 104 Å². The maximum absolute atomic E-state index is 13.6. The number of carbonyl (C=O) groups excluding carboxylic acids is 8. The number of Topliss-reactive ketones (excluding diaryl/α,β-unsaturated/α-hetero) is 5. The molecule has 12 heteroatoms. The van der Waals surface area contributed by atoms with Crippen molar-refractivity contribution in [2.75, 3.05) is 0 Å². The van der Waals surface area contributed by atoms with Crippen LogP contribution in [0, 0.1) is 27.1 Å². The first-order chi connectivity index (χ1) is 22.9. The van der Waals surface area contributed by atoms with Gasteiger partial charge in [-0.2, -0.15) is 0 Å². The predicted octanol–water partition coefficient (Wildman–Crippen LogP) is 4.83. The van der Waals surface area contributed by atoms with Crippen LogP contribution in [-0.4, -0.2) is 76.3 Å². The summed E-state index contributed by atoms with van der Waals surface area (Å²) in [4.78, 5) is 107. The number of ketones is 5. The van der Waals surface area contributed by atoms with E-state index in [1.807, 2.05) is 20.8 Å². The molecule has 0 aliphatic carbocycles. The van der Waals surface area contributed by atoms with E-state index < -0.39 is 98.9 Å². The highest BCUT2D eigenvalue weighted by Gasteiger charge is 2.39. The number of amides is 3. The van der Waals surface area contributed by atoms with Gasteiger partial charge in [0.25, 0.3) is 0 Å². The third-order valence-electron chi connectivity index (χ3n) is 8.23. The van der Waals surface area contributed by atoms with Gasteiger partial charge >= 0.3 is 0 Å². The predicted molar refractivity (Wildman–Crippen MR) is 203 cm³/mol. The fraction of sp³-hybridized carbons (Fsp3) is 0.800. The topological polar surface area (TPSA) is 185 Å². The van der Waals surface area contributed by atoms with E-state index in [1.165, 1.54) is 0 Å². The molecule has 0 aromatic carbocycles. The zero-order valence-electron chi connectivity index (χ0n) is 35.4. The van der Waals surface area contributed by atoms with Crippen LogP contribution in [0.5, 0.6) is 0 Å². The maximum Gasteiger partial charge on any atom is 0.223 e. The molecule has 298 valence electrons. The van der Waals surface area contributed by atoms with E-state index in [2.05, 4.69) is 21.3 Å². The Hall–Kier alpha value is -3.28. The number of nitrogens with one attached hydrogen (secondary N) is 4. The van der Waals surface area contributed by atoms with Crippen molar-refractivity contribution in [3.8, 4) is 0 Å². The molecular formula is C40H70N4O8. The highest BCUT2D eigenvalue weighted by molar-refractivity contribution is 6.01. The molecule has 0 aromatic heterocycles. The van der Waals surface area contributed by atoms with Gasteiger partial charge in [-0.15, -0.1) is 0 Å². The first-order valence-corrected chi connectivity index (χ1v) is 18.2. The molecule has 4 atom stereocenters. The minimum Gasteiger partial charge on any atom is -0.346 e. The van der Waals surface area contributed by atoms with Crippen molar-refractivity contribution in [1.29, 1.82) is 0 Å². The van der Waals surface area contributed by atoms with Crippen molar-refractivity contribution in [2.24, 2.45) is 27.1 Å². The molecule has 0 fully saturated rings. The van der Waals surface area contributed by atoms with E-state index in [0.29, 0.717) is 0 Å². The third-order valence-corrected chi connectivity index (χ3v) is 8.23. The van der Waals surface area contributed by atoms with Crippen molar-refractivity contribution < 1.29 is 38.4 Å². The lowest BCUT2D eigenvalue weighted by molar-refractivity contribution is -0.139. The Kier molecular flexibility index (Phi) is 16.6. The summed E-state index contributed by atoms with van der Waals surface area (Å²) in [5.74, 6) is -3.79. The summed E-state index contributed by atoms with van der Waals surface area (Å²) in [5, 5.41) is 11.1. The summed E-state index contributed by atoms with van der Waals surface area (Å²) in [5.41, 5.74) is -4.87. The Morgan fingerprint density at radius 1 is 0.346 bits per heavy atom. The molecule has 0 radical (unpaired) electrons. The van der Waals surface area contributed by atoms with E-state index in [1.54, 1.807) is 104 Å². The average Bonchev–Trinajstić information content (AvgIpc) is 2.90. The molecule has 0 heterocycles. The molecule has 12 nitrogen and oxygen atoms in total. The van der Waals surface area contributed by atoms with E-state index in [-0.39, 0.29) is 30.2 Å². The molecule has 0 spiro atoms. The molecule has 0 rings (SSSR count). The van der Waals surface area contributed by atoms with Gasteiger partial charge in [-0.25, -0.2) is 0 Å². The fourth-order valence-corrected chi connectivity index (χ4v) is 5.26. The third kappa shape index (κ3) is 17.0. The second kappa shape index (κ2) is 17.7. The van der Waals surface area contributed by atoms with Crippen LogP contribution in [0.3, 0.4) is 0 Å². The summed E-state index contributed by atoms with van der Waals surface area (Å²) < 4.78 is 0. The largest absolute Gasteiger partial charge is 0.346 e. The second-order valence-electron chi connectivity index (χ2n) is 20.3. The average molecular weight is 735 g/mol. The molecular weight excluding hydrogens is 664 g/mol. The molecule has 4 unspecified atom stereocenters. The molecule has 0 aliphatic rings. The van der Waals surface area contributed by atoms with Crippen LogP contribution in [0.2, 0.25) is 0 Å². The zero-order chi connectivity index (χ0) is 41.6. The van der Waals surface area contributed by atoms with Crippen LogP contribution in [0.25, 0.3) is 0 Å². The highest BCUT2D eigenvalue weighted by atomic mass is 16.2. The van der Waals surface area contributed by atoms with Crippen LogP contribution in [0.1, 0.15) is 150 Å². The molecule has 0 aromatic rings.